The average molecular weight is 607 g/mol. The third kappa shape index (κ3) is 7.44. The molecule has 3 rings (SSSR count). The molecule has 5 atom stereocenters. The van der Waals surface area contributed by atoms with Crippen LogP contribution in [-0.2, 0) is 43.7 Å². The first-order chi connectivity index (χ1) is 20.1. The lowest BCUT2D eigenvalue weighted by Crippen LogP contribution is -2.46. The minimum atomic E-state index is -1.81. The fraction of sp³-hybridized carbons (Fsp3) is 0.593. The number of ether oxygens (including phenoxy) is 5. The molecule has 16 heteroatoms. The van der Waals surface area contributed by atoms with Gasteiger partial charge in [0.25, 0.3) is 0 Å². The summed E-state index contributed by atoms with van der Waals surface area (Å²) in [6.07, 6.45) is -3.18. The molecular weight excluding hydrogens is 568 g/mol. The number of carbonyl (C=O) groups excluding carboxylic acids is 4. The summed E-state index contributed by atoms with van der Waals surface area (Å²) < 4.78 is 27.9. The number of fused-ring (bicyclic) bond motifs is 1. The average Bonchev–Trinajstić information content (AvgIpc) is 3.47. The van der Waals surface area contributed by atoms with E-state index in [1.165, 1.54) is 24.1 Å². The number of nitrogens with one attached hydrogen (secondary N) is 1. The van der Waals surface area contributed by atoms with Crippen LogP contribution in [0.4, 0.5) is 10.6 Å². The Hall–Kier alpha value is -4.15. The SMILES string of the molecule is CN=C[C@@]1(c2ccc3c(NC(=O)C(C)C)ncnn23)O[C@H](COC(=O)[C@@H](N)C(C)(C)C)[C@@H](OC(=O)OCOC(C)=O)[C@H]1O. The Balaban J connectivity index is 2.01. The van der Waals surface area contributed by atoms with E-state index in [1.807, 2.05) is 0 Å². The van der Waals surface area contributed by atoms with E-state index in [9.17, 15) is 24.3 Å². The lowest BCUT2D eigenvalue weighted by Gasteiger charge is -2.28. The van der Waals surface area contributed by atoms with Crippen LogP contribution >= 0.6 is 0 Å². The van der Waals surface area contributed by atoms with Gasteiger partial charge in [0.15, 0.2) is 17.5 Å². The number of aliphatic imine (C=N–C) groups is 1. The number of nitrogens with two attached hydrogens (primary N) is 1. The highest BCUT2D eigenvalue weighted by Crippen LogP contribution is 2.41. The summed E-state index contributed by atoms with van der Waals surface area (Å²) in [6.45, 7) is 8.66. The minimum absolute atomic E-state index is 0.208. The smallest absolute Gasteiger partial charge is 0.462 e. The fourth-order valence-corrected chi connectivity index (χ4v) is 4.18. The summed E-state index contributed by atoms with van der Waals surface area (Å²) in [5.41, 5.74) is 4.20. The Morgan fingerprint density at radius 1 is 1.23 bits per heavy atom. The Labute approximate surface area is 247 Å². The summed E-state index contributed by atoms with van der Waals surface area (Å²) in [6, 6.07) is 2.19. The van der Waals surface area contributed by atoms with Crippen LogP contribution in [0.15, 0.2) is 23.5 Å². The van der Waals surface area contributed by atoms with Crippen LogP contribution in [0.1, 0.15) is 47.2 Å². The monoisotopic (exact) mass is 606 g/mol. The second-order valence-electron chi connectivity index (χ2n) is 11.3. The van der Waals surface area contributed by atoms with Gasteiger partial charge in [0.2, 0.25) is 12.7 Å². The molecule has 16 nitrogen and oxygen atoms in total. The van der Waals surface area contributed by atoms with Crippen molar-refractivity contribution in [3.63, 3.8) is 0 Å². The van der Waals surface area contributed by atoms with Gasteiger partial charge in [-0.2, -0.15) is 5.10 Å². The molecule has 2 aromatic rings. The van der Waals surface area contributed by atoms with Crippen molar-refractivity contribution in [1.82, 2.24) is 14.6 Å². The molecule has 3 heterocycles. The lowest BCUT2D eigenvalue weighted by molar-refractivity contribution is -0.155. The summed E-state index contributed by atoms with van der Waals surface area (Å²) in [4.78, 5) is 56.8. The molecule has 43 heavy (non-hydrogen) atoms. The van der Waals surface area contributed by atoms with E-state index in [0.717, 1.165) is 6.92 Å². The fourth-order valence-electron chi connectivity index (χ4n) is 4.18. The third-order valence-electron chi connectivity index (χ3n) is 6.65. The van der Waals surface area contributed by atoms with E-state index in [0.29, 0.717) is 5.52 Å². The summed E-state index contributed by atoms with van der Waals surface area (Å²) in [7, 11) is 1.44. The predicted molar refractivity (Wildman–Crippen MR) is 150 cm³/mol. The first kappa shape index (κ1) is 33.4. The quantitative estimate of drug-likeness (QED) is 0.149. The molecule has 4 N–H and O–H groups in total. The number of esters is 2. The number of aliphatic hydroxyl groups excluding tert-OH is 1. The second-order valence-corrected chi connectivity index (χ2v) is 11.3. The number of rotatable bonds is 10. The largest absolute Gasteiger partial charge is 0.511 e. The number of aromatic nitrogens is 3. The molecule has 236 valence electrons. The van der Waals surface area contributed by atoms with Crippen molar-refractivity contribution in [3.8, 4) is 0 Å². The molecule has 0 bridgehead atoms. The first-order valence-corrected chi connectivity index (χ1v) is 13.4. The van der Waals surface area contributed by atoms with Gasteiger partial charge in [0.05, 0.1) is 5.69 Å². The maximum absolute atomic E-state index is 12.7. The molecule has 0 aliphatic carbocycles. The van der Waals surface area contributed by atoms with Crippen molar-refractivity contribution in [2.75, 3.05) is 25.8 Å². The van der Waals surface area contributed by atoms with Gasteiger partial charge in [-0.25, -0.2) is 14.3 Å². The van der Waals surface area contributed by atoms with Crippen LogP contribution in [0.25, 0.3) is 5.52 Å². The van der Waals surface area contributed by atoms with Crippen molar-refractivity contribution in [3.05, 3.63) is 24.2 Å². The van der Waals surface area contributed by atoms with Crippen molar-refractivity contribution in [2.45, 2.75) is 71.5 Å². The zero-order valence-electron chi connectivity index (χ0n) is 25.1. The first-order valence-electron chi connectivity index (χ1n) is 13.4. The number of amides is 1. The molecule has 1 saturated heterocycles. The van der Waals surface area contributed by atoms with Crippen molar-refractivity contribution in [1.29, 1.82) is 0 Å². The van der Waals surface area contributed by atoms with Crippen LogP contribution in [0.3, 0.4) is 0 Å². The van der Waals surface area contributed by atoms with Gasteiger partial charge in [-0.15, -0.1) is 0 Å². The van der Waals surface area contributed by atoms with E-state index in [-0.39, 0.29) is 23.3 Å². The van der Waals surface area contributed by atoms with Crippen LogP contribution in [0, 0.1) is 11.3 Å². The molecule has 0 saturated carbocycles. The maximum atomic E-state index is 12.7. The molecule has 0 aromatic carbocycles. The van der Waals surface area contributed by atoms with Gasteiger partial charge in [-0.1, -0.05) is 34.6 Å². The number of hydrogen-bond donors (Lipinski definition) is 3. The number of hydrogen-bond acceptors (Lipinski definition) is 14. The normalized spacial score (nSPS) is 22.9. The molecule has 0 radical (unpaired) electrons. The third-order valence-corrected chi connectivity index (χ3v) is 6.65. The number of aliphatic hydroxyl groups is 1. The van der Waals surface area contributed by atoms with Crippen molar-refractivity contribution >= 4 is 41.6 Å². The van der Waals surface area contributed by atoms with Crippen molar-refractivity contribution < 1.29 is 48.0 Å². The molecule has 1 fully saturated rings. The van der Waals surface area contributed by atoms with E-state index >= 15 is 0 Å². The van der Waals surface area contributed by atoms with E-state index in [2.05, 4.69) is 25.1 Å². The highest BCUT2D eigenvalue weighted by Gasteiger charge is 2.59. The van der Waals surface area contributed by atoms with Crippen LogP contribution in [0.2, 0.25) is 0 Å². The molecule has 1 aliphatic heterocycles. The summed E-state index contributed by atoms with van der Waals surface area (Å²) in [5.74, 6) is -1.83. The lowest BCUT2D eigenvalue weighted by atomic mass is 9.87. The van der Waals surface area contributed by atoms with E-state index in [1.54, 1.807) is 46.8 Å². The zero-order valence-corrected chi connectivity index (χ0v) is 25.1. The topological polar surface area (TPSA) is 215 Å². The summed E-state index contributed by atoms with van der Waals surface area (Å²) >= 11 is 0. The molecule has 1 amide bonds. The molecule has 1 aliphatic rings. The van der Waals surface area contributed by atoms with Gasteiger partial charge in [0.1, 0.15) is 36.7 Å². The zero-order chi connectivity index (χ0) is 32.1. The number of nitrogens with zero attached hydrogens (tertiary/aromatic N) is 4. The Morgan fingerprint density at radius 2 is 1.93 bits per heavy atom. The Bertz CT molecular complexity index is 1370. The standard InChI is InChI=1S/C27H38N6O10/c1-14(2)23(36)32-22-16-8-9-18(33(16)31-12-30-22)27(11-29-7)21(35)19(42-25(38)41-13-40-15(3)34)17(43-27)10-39-24(37)20(28)26(4,5)6/h8-9,11-12,14,17,19-21,35H,10,13,28H2,1-7H3,(H,30,31,32,36)/t17-,19-,20-,21-,27+/m1/s1. The van der Waals surface area contributed by atoms with Gasteiger partial charge in [-0.05, 0) is 17.5 Å². The molecule has 0 spiro atoms. The summed E-state index contributed by atoms with van der Waals surface area (Å²) in [5, 5.41) is 18.7. The van der Waals surface area contributed by atoms with E-state index in [4.69, 9.17) is 24.7 Å². The molecular formula is C27H38N6O10. The number of carbonyl (C=O) groups is 4. The van der Waals surface area contributed by atoms with Crippen LogP contribution in [0.5, 0.6) is 0 Å². The predicted octanol–water partition coefficient (Wildman–Crippen LogP) is 0.938. The van der Waals surface area contributed by atoms with Crippen LogP contribution < -0.4 is 11.1 Å². The van der Waals surface area contributed by atoms with Gasteiger partial charge in [-0.3, -0.25) is 19.4 Å². The van der Waals surface area contributed by atoms with Crippen molar-refractivity contribution in [2.24, 2.45) is 22.1 Å². The van der Waals surface area contributed by atoms with Gasteiger partial charge >= 0.3 is 18.1 Å². The highest BCUT2D eigenvalue weighted by molar-refractivity contribution is 5.94. The van der Waals surface area contributed by atoms with Gasteiger partial charge < -0.3 is 39.8 Å². The Kier molecular flexibility index (Phi) is 10.4. The van der Waals surface area contributed by atoms with E-state index < -0.39 is 66.9 Å². The number of anilines is 1. The minimum Gasteiger partial charge on any atom is -0.462 e. The second kappa shape index (κ2) is 13.4. The van der Waals surface area contributed by atoms with Gasteiger partial charge in [0, 0.05) is 26.1 Å². The highest BCUT2D eigenvalue weighted by atomic mass is 16.8. The molecule has 0 unspecified atom stereocenters. The molecule has 2 aromatic heterocycles. The maximum Gasteiger partial charge on any atom is 0.511 e. The van der Waals surface area contributed by atoms with Crippen LogP contribution in [-0.4, -0.2) is 94.7 Å². The Morgan fingerprint density at radius 3 is 2.53 bits per heavy atom.